The van der Waals surface area contributed by atoms with Crippen molar-refractivity contribution < 1.29 is 9.45 Å². The highest BCUT2D eigenvalue weighted by Gasteiger charge is 2.33. The second kappa shape index (κ2) is 4.96. The number of benzene rings is 1. The van der Waals surface area contributed by atoms with Crippen LogP contribution < -0.4 is 5.46 Å². The average molecular weight is 232 g/mol. The highest BCUT2D eigenvalue weighted by Crippen LogP contribution is 2.15. The average Bonchev–Trinajstić information content (AvgIpc) is 2.79. The summed E-state index contributed by atoms with van der Waals surface area (Å²) in [5, 5.41) is 5.23. The second-order valence-corrected chi connectivity index (χ2v) is 3.74. The van der Waals surface area contributed by atoms with Crippen molar-refractivity contribution in [1.29, 1.82) is 0 Å². The lowest BCUT2D eigenvalue weighted by atomic mass is 9.71. The van der Waals surface area contributed by atoms with Crippen LogP contribution in [-0.4, -0.2) is 13.0 Å². The van der Waals surface area contributed by atoms with Crippen molar-refractivity contribution in [2.24, 2.45) is 10.3 Å². The molecule has 6 nitrogen and oxygen atoms in total. The van der Waals surface area contributed by atoms with Gasteiger partial charge in [-0.1, -0.05) is 23.3 Å². The molecule has 1 aliphatic rings. The van der Waals surface area contributed by atoms with Gasteiger partial charge in [0, 0.05) is 11.6 Å². The molecule has 2 rings (SSSR count). The van der Waals surface area contributed by atoms with E-state index < -0.39 is 13.0 Å². The molecule has 0 unspecified atom stereocenters. The highest BCUT2D eigenvalue weighted by molar-refractivity contribution is 6.67. The highest BCUT2D eigenvalue weighted by atomic mass is 16.5. The summed E-state index contributed by atoms with van der Waals surface area (Å²) in [5.74, 6) is -0.697. The van der Waals surface area contributed by atoms with E-state index in [1.165, 1.54) is 0 Å². The fourth-order valence-electron chi connectivity index (χ4n) is 1.95. The molecule has 0 bridgehead atoms. The summed E-state index contributed by atoms with van der Waals surface area (Å²) in [6.07, 6.45) is 0.397. The molecule has 86 valence electrons. The maximum Gasteiger partial charge on any atom is 0.521 e. The number of carbonyl (C=O) groups is 1. The van der Waals surface area contributed by atoms with E-state index in [4.69, 9.17) is 4.65 Å². The number of hydrogen-bond donors (Lipinski definition) is 0. The number of nitroso groups, excluding NO2 is 2. The van der Waals surface area contributed by atoms with E-state index in [0.717, 1.165) is 16.6 Å². The zero-order valence-corrected chi connectivity index (χ0v) is 8.96. The van der Waals surface area contributed by atoms with E-state index >= 15 is 0 Å². The molecule has 1 amide bonds. The molecule has 17 heavy (non-hydrogen) atoms. The van der Waals surface area contributed by atoms with Crippen LogP contribution in [0.1, 0.15) is 17.5 Å². The predicted molar refractivity (Wildman–Crippen MR) is 61.5 cm³/mol. The number of aryl methyl sites for hydroxylation is 1. The van der Waals surface area contributed by atoms with E-state index in [1.807, 2.05) is 12.1 Å². The molecule has 1 aromatic carbocycles. The number of rotatable bonds is 4. The van der Waals surface area contributed by atoms with Crippen LogP contribution in [0.4, 0.5) is 0 Å². The predicted octanol–water partition coefficient (Wildman–Crippen LogP) is 0.904. The number of fused-ring (bicyclic) bond motifs is 1. The van der Waals surface area contributed by atoms with Crippen molar-refractivity contribution in [3.05, 3.63) is 39.1 Å². The van der Waals surface area contributed by atoms with Crippen LogP contribution in [0.2, 0.25) is 0 Å². The van der Waals surface area contributed by atoms with Crippen LogP contribution in [0.25, 0.3) is 0 Å². The molecular formula is C10H9BN2O4. The number of carbonyl (C=O) groups excluding carboxylic acids is 1. The summed E-state index contributed by atoms with van der Waals surface area (Å²) in [7, 11) is -0.805. The van der Waals surface area contributed by atoms with Crippen molar-refractivity contribution in [2.75, 3.05) is 0 Å². The maximum atomic E-state index is 10.8. The topological polar surface area (TPSA) is 85.2 Å². The first-order valence-corrected chi connectivity index (χ1v) is 5.17. The van der Waals surface area contributed by atoms with Gasteiger partial charge in [0.25, 0.3) is 5.91 Å². The molecule has 0 fully saturated rings. The molecule has 0 radical (unpaired) electrons. The Kier molecular flexibility index (Phi) is 3.39. The van der Waals surface area contributed by atoms with Crippen LogP contribution >= 0.6 is 0 Å². The zero-order valence-electron chi connectivity index (χ0n) is 8.96. The standard InChI is InChI=1S/C10H9BN2O4/c14-9(12-15)5-4-7-2-1-3-8-6-17-11(13-16)10(7)8/h1-3H,4-6H2. The Morgan fingerprint density at radius 2 is 2.24 bits per heavy atom. The summed E-state index contributed by atoms with van der Waals surface area (Å²) in [6.45, 7) is 0.347. The van der Waals surface area contributed by atoms with Crippen LogP contribution in [0, 0.1) is 9.81 Å². The van der Waals surface area contributed by atoms with E-state index in [0.29, 0.717) is 13.0 Å². The molecule has 1 aliphatic heterocycles. The monoisotopic (exact) mass is 232 g/mol. The van der Waals surface area contributed by atoms with E-state index in [1.54, 1.807) is 6.07 Å². The summed E-state index contributed by atoms with van der Waals surface area (Å²) in [6, 6.07) is 5.47. The number of hydrogen-bond acceptors (Lipinski definition) is 5. The van der Waals surface area contributed by atoms with Gasteiger partial charge in [-0.05, 0) is 23.0 Å². The Bertz CT molecular complexity index is 477. The lowest BCUT2D eigenvalue weighted by molar-refractivity contribution is -0.117. The normalized spacial score (nSPS) is 13.3. The summed E-state index contributed by atoms with van der Waals surface area (Å²) >= 11 is 0. The van der Waals surface area contributed by atoms with Crippen molar-refractivity contribution >= 4 is 18.4 Å². The number of nitrogens with zero attached hydrogens (tertiary/aromatic N) is 2. The van der Waals surface area contributed by atoms with Gasteiger partial charge < -0.3 is 4.65 Å². The third kappa shape index (κ3) is 2.28. The van der Waals surface area contributed by atoms with E-state index in [2.05, 4.69) is 10.3 Å². The summed E-state index contributed by atoms with van der Waals surface area (Å²) < 4.78 is 5.20. The van der Waals surface area contributed by atoms with Crippen molar-refractivity contribution in [1.82, 2.24) is 0 Å². The van der Waals surface area contributed by atoms with Crippen molar-refractivity contribution in [3.63, 3.8) is 0 Å². The molecule has 0 N–H and O–H groups in total. The molecule has 0 saturated carbocycles. The van der Waals surface area contributed by atoms with Gasteiger partial charge in [0.15, 0.2) is 0 Å². The molecule has 1 aromatic rings. The van der Waals surface area contributed by atoms with Gasteiger partial charge in [-0.3, -0.25) is 4.79 Å². The molecular weight excluding hydrogens is 223 g/mol. The van der Waals surface area contributed by atoms with Crippen LogP contribution in [-0.2, 0) is 22.5 Å². The first kappa shape index (κ1) is 11.6. The lowest BCUT2D eigenvalue weighted by Gasteiger charge is -2.05. The van der Waals surface area contributed by atoms with Crippen LogP contribution in [0.15, 0.2) is 28.5 Å². The minimum atomic E-state index is -0.805. The van der Waals surface area contributed by atoms with Crippen molar-refractivity contribution in [3.8, 4) is 0 Å². The fraction of sp³-hybridized carbons (Fsp3) is 0.300. The quantitative estimate of drug-likeness (QED) is 0.570. The van der Waals surface area contributed by atoms with Gasteiger partial charge in [0.05, 0.1) is 6.61 Å². The first-order chi connectivity index (χ1) is 8.26. The third-order valence-electron chi connectivity index (χ3n) is 2.74. The van der Waals surface area contributed by atoms with Gasteiger partial charge in [-0.2, -0.15) is 4.91 Å². The SMILES string of the molecule is O=NB1OCc2cccc(CCC(=O)N=O)c21. The van der Waals surface area contributed by atoms with Crippen molar-refractivity contribution in [2.45, 2.75) is 19.4 Å². The molecule has 0 saturated heterocycles. The lowest BCUT2D eigenvalue weighted by Crippen LogP contribution is -2.29. The Labute approximate surface area is 97.4 Å². The molecule has 1 heterocycles. The summed E-state index contributed by atoms with van der Waals surface area (Å²) in [5.41, 5.74) is 2.43. The van der Waals surface area contributed by atoms with Gasteiger partial charge in [0.1, 0.15) is 0 Å². The molecule has 0 atom stereocenters. The maximum absolute atomic E-state index is 10.8. The van der Waals surface area contributed by atoms with E-state index in [-0.39, 0.29) is 6.42 Å². The molecule has 7 heteroatoms. The van der Waals surface area contributed by atoms with Gasteiger partial charge in [0.2, 0.25) is 0 Å². The largest absolute Gasteiger partial charge is 0.521 e. The van der Waals surface area contributed by atoms with Gasteiger partial charge in [-0.25, -0.2) is 0 Å². The van der Waals surface area contributed by atoms with Gasteiger partial charge >= 0.3 is 7.05 Å². The Morgan fingerprint density at radius 3 is 2.94 bits per heavy atom. The Hall–Kier alpha value is -1.89. The van der Waals surface area contributed by atoms with Crippen LogP contribution in [0.3, 0.4) is 0 Å². The molecule has 0 aliphatic carbocycles. The zero-order chi connectivity index (χ0) is 12.3. The minimum absolute atomic E-state index is 0.0333. The second-order valence-electron chi connectivity index (χ2n) is 3.74. The fourth-order valence-corrected chi connectivity index (χ4v) is 1.95. The Balaban J connectivity index is 2.23. The summed E-state index contributed by atoms with van der Waals surface area (Å²) in [4.78, 5) is 31.4. The van der Waals surface area contributed by atoms with Gasteiger partial charge in [-0.15, -0.1) is 4.91 Å². The van der Waals surface area contributed by atoms with Crippen LogP contribution in [0.5, 0.6) is 0 Å². The first-order valence-electron chi connectivity index (χ1n) is 5.17. The van der Waals surface area contributed by atoms with E-state index in [9.17, 15) is 14.6 Å². The third-order valence-corrected chi connectivity index (χ3v) is 2.74. The Morgan fingerprint density at radius 1 is 1.41 bits per heavy atom. The smallest absolute Gasteiger partial charge is 0.405 e. The minimum Gasteiger partial charge on any atom is -0.405 e. The molecule has 0 spiro atoms. The molecule has 0 aromatic heterocycles. The number of amides is 1.